The molecule has 1 atom stereocenters. The third-order valence-electron chi connectivity index (χ3n) is 3.83. The van der Waals surface area contributed by atoms with E-state index in [1.807, 2.05) is 54.6 Å². The van der Waals surface area contributed by atoms with E-state index in [1.54, 1.807) is 0 Å². The number of ether oxygens (including phenoxy) is 2. The number of hydrogen-bond donors (Lipinski definition) is 0. The topological polar surface area (TPSA) is 57.4 Å². The molecule has 2 heterocycles. The molecule has 5 nitrogen and oxygen atoms in total. The minimum atomic E-state index is 0.217. The molecule has 116 valence electrons. The molecule has 0 unspecified atom stereocenters. The molecular formula is C18H16N2O3. The molecule has 0 aliphatic carbocycles. The number of nitrogens with zero attached hydrogens (tertiary/aromatic N) is 2. The van der Waals surface area contributed by atoms with Crippen LogP contribution < -0.4 is 4.74 Å². The van der Waals surface area contributed by atoms with Crippen molar-refractivity contribution in [2.75, 3.05) is 13.2 Å². The van der Waals surface area contributed by atoms with Crippen LogP contribution in [0.1, 0.15) is 18.2 Å². The van der Waals surface area contributed by atoms with Crippen molar-refractivity contribution in [1.82, 2.24) is 10.1 Å². The lowest BCUT2D eigenvalue weighted by atomic mass is 10.1. The zero-order valence-electron chi connectivity index (χ0n) is 12.5. The molecular weight excluding hydrogens is 292 g/mol. The maximum Gasteiger partial charge on any atom is 0.261 e. The van der Waals surface area contributed by atoms with Gasteiger partial charge in [-0.3, -0.25) is 0 Å². The highest BCUT2D eigenvalue weighted by Gasteiger charge is 2.24. The Morgan fingerprint density at radius 2 is 1.83 bits per heavy atom. The van der Waals surface area contributed by atoms with Gasteiger partial charge in [0.25, 0.3) is 5.89 Å². The van der Waals surface area contributed by atoms with Gasteiger partial charge in [-0.2, -0.15) is 4.98 Å². The molecule has 0 spiro atoms. The van der Waals surface area contributed by atoms with E-state index in [-0.39, 0.29) is 5.92 Å². The second-order valence-electron chi connectivity index (χ2n) is 5.43. The van der Waals surface area contributed by atoms with Gasteiger partial charge in [0.05, 0.1) is 12.2 Å². The molecule has 3 aromatic rings. The molecule has 23 heavy (non-hydrogen) atoms. The summed E-state index contributed by atoms with van der Waals surface area (Å²) in [4.78, 5) is 4.53. The van der Waals surface area contributed by atoms with Crippen LogP contribution in [0.5, 0.6) is 11.5 Å². The van der Waals surface area contributed by atoms with Crippen LogP contribution in [0.3, 0.4) is 0 Å². The van der Waals surface area contributed by atoms with Crippen molar-refractivity contribution in [3.63, 3.8) is 0 Å². The molecule has 1 aliphatic rings. The molecule has 0 radical (unpaired) electrons. The van der Waals surface area contributed by atoms with E-state index < -0.39 is 0 Å². The molecule has 0 saturated carbocycles. The average Bonchev–Trinajstić information content (AvgIpc) is 3.28. The van der Waals surface area contributed by atoms with Crippen LogP contribution in [0.15, 0.2) is 59.1 Å². The fraction of sp³-hybridized carbons (Fsp3) is 0.222. The van der Waals surface area contributed by atoms with Gasteiger partial charge in [-0.05, 0) is 30.7 Å². The van der Waals surface area contributed by atoms with Crippen LogP contribution in [-0.4, -0.2) is 23.4 Å². The lowest BCUT2D eigenvalue weighted by Gasteiger charge is -2.08. The van der Waals surface area contributed by atoms with Gasteiger partial charge < -0.3 is 14.0 Å². The third kappa shape index (κ3) is 2.96. The number of aromatic nitrogens is 2. The third-order valence-corrected chi connectivity index (χ3v) is 3.83. The second kappa shape index (κ2) is 6.22. The van der Waals surface area contributed by atoms with Gasteiger partial charge in [-0.1, -0.05) is 35.5 Å². The predicted octanol–water partition coefficient (Wildman–Crippen LogP) is 4.03. The number of para-hydroxylation sites is 2. The summed E-state index contributed by atoms with van der Waals surface area (Å²) in [6.45, 7) is 1.41. The number of hydrogen-bond acceptors (Lipinski definition) is 5. The molecule has 0 N–H and O–H groups in total. The van der Waals surface area contributed by atoms with E-state index in [1.165, 1.54) is 0 Å². The maximum absolute atomic E-state index is 5.95. The number of benzene rings is 2. The Morgan fingerprint density at radius 1 is 1.00 bits per heavy atom. The molecule has 1 aromatic heterocycles. The highest BCUT2D eigenvalue weighted by atomic mass is 16.5. The summed E-state index contributed by atoms with van der Waals surface area (Å²) in [6.07, 6.45) is 0.932. The van der Waals surface area contributed by atoms with Crippen LogP contribution in [0, 0.1) is 0 Å². The molecule has 5 heteroatoms. The van der Waals surface area contributed by atoms with Crippen molar-refractivity contribution < 1.29 is 14.0 Å². The van der Waals surface area contributed by atoms with Crippen molar-refractivity contribution >= 4 is 0 Å². The van der Waals surface area contributed by atoms with Gasteiger partial charge in [0.1, 0.15) is 11.5 Å². The molecule has 0 amide bonds. The molecule has 1 fully saturated rings. The van der Waals surface area contributed by atoms with E-state index in [4.69, 9.17) is 14.0 Å². The van der Waals surface area contributed by atoms with E-state index in [9.17, 15) is 0 Å². The zero-order chi connectivity index (χ0) is 15.5. The molecule has 1 saturated heterocycles. The lowest BCUT2D eigenvalue weighted by molar-refractivity contribution is 0.192. The average molecular weight is 308 g/mol. The smallest absolute Gasteiger partial charge is 0.261 e. The minimum absolute atomic E-state index is 0.217. The summed E-state index contributed by atoms with van der Waals surface area (Å²) in [6, 6.07) is 17.3. The Hall–Kier alpha value is -2.66. The number of rotatable bonds is 4. The SMILES string of the molecule is c1ccc(Oc2ccccc2-c2nc([C@H]3CCOC3)no2)cc1. The van der Waals surface area contributed by atoms with E-state index >= 15 is 0 Å². The maximum atomic E-state index is 5.95. The second-order valence-corrected chi connectivity index (χ2v) is 5.43. The monoisotopic (exact) mass is 308 g/mol. The standard InChI is InChI=1S/C18H16N2O3/c1-2-6-14(7-3-1)22-16-9-5-4-8-15(16)18-19-17(20-23-18)13-10-11-21-12-13/h1-9,13H,10-12H2/t13-/m0/s1. The fourth-order valence-electron chi connectivity index (χ4n) is 2.60. The highest BCUT2D eigenvalue weighted by molar-refractivity contribution is 5.63. The van der Waals surface area contributed by atoms with Crippen molar-refractivity contribution in [3.05, 3.63) is 60.4 Å². The molecule has 2 aromatic carbocycles. The Kier molecular flexibility index (Phi) is 3.78. The van der Waals surface area contributed by atoms with Gasteiger partial charge in [-0.25, -0.2) is 0 Å². The van der Waals surface area contributed by atoms with E-state index in [0.717, 1.165) is 24.3 Å². The zero-order valence-corrected chi connectivity index (χ0v) is 12.5. The first-order chi connectivity index (χ1) is 11.4. The molecule has 1 aliphatic heterocycles. The van der Waals surface area contributed by atoms with Gasteiger partial charge in [0, 0.05) is 12.5 Å². The predicted molar refractivity (Wildman–Crippen MR) is 84.4 cm³/mol. The lowest BCUT2D eigenvalue weighted by Crippen LogP contribution is -1.99. The van der Waals surface area contributed by atoms with Crippen molar-refractivity contribution in [1.29, 1.82) is 0 Å². The molecule has 4 rings (SSSR count). The highest BCUT2D eigenvalue weighted by Crippen LogP contribution is 2.33. The Morgan fingerprint density at radius 3 is 2.65 bits per heavy atom. The quantitative estimate of drug-likeness (QED) is 0.728. The fourth-order valence-corrected chi connectivity index (χ4v) is 2.60. The minimum Gasteiger partial charge on any atom is -0.457 e. The Bertz CT molecular complexity index is 780. The van der Waals surface area contributed by atoms with Crippen LogP contribution in [0.4, 0.5) is 0 Å². The summed E-state index contributed by atoms with van der Waals surface area (Å²) in [5.74, 6) is 2.85. The Balaban J connectivity index is 1.64. The molecule has 0 bridgehead atoms. The first-order valence-electron chi connectivity index (χ1n) is 7.64. The first kappa shape index (κ1) is 14.0. The van der Waals surface area contributed by atoms with Gasteiger partial charge in [0.15, 0.2) is 5.82 Å². The van der Waals surface area contributed by atoms with Gasteiger partial charge in [-0.15, -0.1) is 0 Å². The summed E-state index contributed by atoms with van der Waals surface area (Å²) in [5.41, 5.74) is 0.786. The van der Waals surface area contributed by atoms with E-state index in [2.05, 4.69) is 10.1 Å². The summed E-state index contributed by atoms with van der Waals surface area (Å²) >= 11 is 0. The van der Waals surface area contributed by atoms with Gasteiger partial charge in [0.2, 0.25) is 0 Å². The van der Waals surface area contributed by atoms with Crippen LogP contribution >= 0.6 is 0 Å². The van der Waals surface area contributed by atoms with Gasteiger partial charge >= 0.3 is 0 Å². The van der Waals surface area contributed by atoms with E-state index in [0.29, 0.717) is 24.1 Å². The normalized spacial score (nSPS) is 17.3. The van der Waals surface area contributed by atoms with Crippen molar-refractivity contribution in [2.24, 2.45) is 0 Å². The first-order valence-corrected chi connectivity index (χ1v) is 7.64. The van der Waals surface area contributed by atoms with Crippen LogP contribution in [0.2, 0.25) is 0 Å². The summed E-state index contributed by atoms with van der Waals surface area (Å²) < 4.78 is 16.8. The largest absolute Gasteiger partial charge is 0.457 e. The van der Waals surface area contributed by atoms with Crippen LogP contribution in [-0.2, 0) is 4.74 Å². The summed E-state index contributed by atoms with van der Waals surface area (Å²) in [7, 11) is 0. The van der Waals surface area contributed by atoms with Crippen molar-refractivity contribution in [2.45, 2.75) is 12.3 Å². The van der Waals surface area contributed by atoms with Crippen molar-refractivity contribution in [3.8, 4) is 23.0 Å². The Labute approximate surface area is 133 Å². The summed E-state index contributed by atoms with van der Waals surface area (Å²) in [5, 5.41) is 4.10. The van der Waals surface area contributed by atoms with Crippen LogP contribution in [0.25, 0.3) is 11.5 Å².